The molecular weight excluding hydrogens is 365 g/mol. The highest BCUT2D eigenvalue weighted by atomic mass is 19.3. The molecule has 160 valence electrons. The number of unbranched alkanes of at least 4 members (excludes halogenated alkanes) is 11. The summed E-state index contributed by atoms with van der Waals surface area (Å²) in [6.07, 6.45) is 11.0. The highest BCUT2D eigenvalue weighted by Gasteiger charge is 2.41. The quantitative estimate of drug-likeness (QED) is 0.286. The van der Waals surface area contributed by atoms with Gasteiger partial charge in [-0.05, 0) is 18.6 Å². The molecule has 5 heteroatoms. The van der Waals surface area contributed by atoms with Crippen LogP contribution >= 0.6 is 0 Å². The molecule has 28 heavy (non-hydrogen) atoms. The van der Waals surface area contributed by atoms with Gasteiger partial charge in [0, 0.05) is 5.56 Å². The maximum Gasteiger partial charge on any atom is 0.335 e. The van der Waals surface area contributed by atoms with Crippen molar-refractivity contribution in [2.75, 3.05) is 0 Å². The molecule has 1 aromatic carbocycles. The largest absolute Gasteiger partial charge is 0.478 e. The minimum atomic E-state index is -3.59. The molecule has 0 aliphatic rings. The number of carbonyl (C=O) groups is 1. The number of carboxylic acids is 1. The van der Waals surface area contributed by atoms with Gasteiger partial charge in [-0.3, -0.25) is 0 Å². The Hall–Kier alpha value is -1.52. The lowest BCUT2D eigenvalue weighted by Crippen LogP contribution is -2.27. The van der Waals surface area contributed by atoms with E-state index in [-0.39, 0.29) is 12.0 Å². The zero-order valence-corrected chi connectivity index (χ0v) is 17.1. The lowest BCUT2D eigenvalue weighted by molar-refractivity contribution is -0.0822. The number of halogens is 3. The summed E-state index contributed by atoms with van der Waals surface area (Å²) in [5.74, 6) is -4.78. The van der Waals surface area contributed by atoms with Gasteiger partial charge in [-0.15, -0.1) is 0 Å². The molecular formula is C23H35F3O2. The van der Waals surface area contributed by atoms with Crippen molar-refractivity contribution in [3.05, 3.63) is 35.4 Å². The van der Waals surface area contributed by atoms with E-state index in [1.807, 2.05) is 0 Å². The number of benzene rings is 1. The summed E-state index contributed by atoms with van der Waals surface area (Å²) in [7, 11) is 0. The fourth-order valence-corrected chi connectivity index (χ4v) is 3.36. The zero-order valence-electron chi connectivity index (χ0n) is 17.1. The van der Waals surface area contributed by atoms with E-state index in [0.717, 1.165) is 43.5 Å². The Balaban J connectivity index is 2.15. The van der Waals surface area contributed by atoms with Gasteiger partial charge in [-0.25, -0.2) is 9.18 Å². The molecule has 0 radical (unpaired) electrons. The molecule has 0 saturated carbocycles. The van der Waals surface area contributed by atoms with Gasteiger partial charge in [-0.1, -0.05) is 96.1 Å². The van der Waals surface area contributed by atoms with Gasteiger partial charge < -0.3 is 5.11 Å². The molecule has 0 aromatic heterocycles. The van der Waals surface area contributed by atoms with Crippen LogP contribution in [0, 0.1) is 0 Å². The van der Waals surface area contributed by atoms with Gasteiger partial charge in [0.1, 0.15) is 0 Å². The summed E-state index contributed by atoms with van der Waals surface area (Å²) in [5, 5.41) is 8.80. The highest BCUT2D eigenvalue weighted by molar-refractivity contribution is 5.87. The first-order valence-electron chi connectivity index (χ1n) is 10.7. The van der Waals surface area contributed by atoms with Crippen molar-refractivity contribution >= 4 is 5.97 Å². The lowest BCUT2D eigenvalue weighted by atomic mass is 9.98. The Morgan fingerprint density at radius 3 is 1.71 bits per heavy atom. The summed E-state index contributed by atoms with van der Waals surface area (Å²) >= 11 is 0. The van der Waals surface area contributed by atoms with E-state index in [4.69, 9.17) is 5.11 Å². The van der Waals surface area contributed by atoms with Crippen LogP contribution in [0.5, 0.6) is 0 Å². The van der Waals surface area contributed by atoms with Crippen LogP contribution in [0.1, 0.15) is 106 Å². The van der Waals surface area contributed by atoms with Crippen LogP contribution in [0.15, 0.2) is 24.3 Å². The molecule has 1 unspecified atom stereocenters. The Morgan fingerprint density at radius 1 is 0.857 bits per heavy atom. The summed E-state index contributed by atoms with van der Waals surface area (Å²) in [6.45, 7) is 2.21. The molecule has 1 aromatic rings. The van der Waals surface area contributed by atoms with Crippen LogP contribution < -0.4 is 0 Å². The average molecular weight is 401 g/mol. The fraction of sp³-hybridized carbons (Fsp3) is 0.696. The second kappa shape index (κ2) is 13.6. The second-order valence-electron chi connectivity index (χ2n) is 7.65. The Kier molecular flexibility index (Phi) is 11.9. The summed E-state index contributed by atoms with van der Waals surface area (Å²) in [4.78, 5) is 10.8. The number of rotatable bonds is 16. The third kappa shape index (κ3) is 9.11. The Bertz CT molecular complexity index is 543. The van der Waals surface area contributed by atoms with E-state index in [2.05, 4.69) is 6.92 Å². The van der Waals surface area contributed by atoms with Crippen molar-refractivity contribution in [3.8, 4) is 0 Å². The van der Waals surface area contributed by atoms with Crippen LogP contribution in [0.2, 0.25) is 0 Å². The smallest absolute Gasteiger partial charge is 0.335 e. The molecule has 0 saturated heterocycles. The number of carboxylic acid groups (broad SMARTS) is 1. The molecule has 1 N–H and O–H groups in total. The first kappa shape index (κ1) is 24.5. The molecule has 1 rings (SSSR count). The molecule has 0 spiro atoms. The fourth-order valence-electron chi connectivity index (χ4n) is 3.36. The highest BCUT2D eigenvalue weighted by Crippen LogP contribution is 2.36. The first-order chi connectivity index (χ1) is 13.4. The van der Waals surface area contributed by atoms with Gasteiger partial charge >= 0.3 is 11.9 Å². The molecule has 0 bridgehead atoms. The summed E-state index contributed by atoms with van der Waals surface area (Å²) in [5.41, 5.74) is -0.556. The minimum Gasteiger partial charge on any atom is -0.478 e. The molecule has 0 heterocycles. The van der Waals surface area contributed by atoms with Crippen molar-refractivity contribution in [1.82, 2.24) is 0 Å². The topological polar surface area (TPSA) is 37.3 Å². The maximum absolute atomic E-state index is 14.2. The minimum absolute atomic E-state index is 0.0871. The van der Waals surface area contributed by atoms with Crippen molar-refractivity contribution in [1.29, 1.82) is 0 Å². The molecule has 1 atom stereocenters. The second-order valence-corrected chi connectivity index (χ2v) is 7.65. The maximum atomic E-state index is 14.2. The normalized spacial score (nSPS) is 12.9. The van der Waals surface area contributed by atoms with Crippen molar-refractivity contribution in [2.45, 2.75) is 102 Å². The predicted octanol–water partition coefficient (Wildman–Crippen LogP) is 7.91. The van der Waals surface area contributed by atoms with Crippen LogP contribution in [-0.4, -0.2) is 17.2 Å². The van der Waals surface area contributed by atoms with Crippen LogP contribution in [0.4, 0.5) is 13.2 Å². The zero-order chi connectivity index (χ0) is 20.8. The van der Waals surface area contributed by atoms with E-state index in [1.54, 1.807) is 0 Å². The van der Waals surface area contributed by atoms with Crippen LogP contribution in [0.25, 0.3) is 0 Å². The first-order valence-corrected chi connectivity index (χ1v) is 10.7. The number of alkyl halides is 3. The number of aromatic carboxylic acids is 1. The Labute approximate surface area is 167 Å². The van der Waals surface area contributed by atoms with Gasteiger partial charge in [0.25, 0.3) is 0 Å². The summed E-state index contributed by atoms with van der Waals surface area (Å²) in [6, 6.07) is 4.17. The van der Waals surface area contributed by atoms with Crippen molar-refractivity contribution in [2.24, 2.45) is 0 Å². The van der Waals surface area contributed by atoms with Gasteiger partial charge in [0.2, 0.25) is 0 Å². The lowest BCUT2D eigenvalue weighted by Gasteiger charge is -2.21. The molecule has 0 fully saturated rings. The predicted molar refractivity (Wildman–Crippen MR) is 108 cm³/mol. The van der Waals surface area contributed by atoms with Crippen molar-refractivity contribution < 1.29 is 23.1 Å². The molecule has 0 aliphatic carbocycles. The van der Waals surface area contributed by atoms with E-state index in [0.29, 0.717) is 6.42 Å². The van der Waals surface area contributed by atoms with Crippen LogP contribution in [-0.2, 0) is 5.92 Å². The van der Waals surface area contributed by atoms with Gasteiger partial charge in [0.15, 0.2) is 6.17 Å². The number of hydrogen-bond acceptors (Lipinski definition) is 1. The van der Waals surface area contributed by atoms with Crippen molar-refractivity contribution in [3.63, 3.8) is 0 Å². The van der Waals surface area contributed by atoms with Gasteiger partial charge in [0.05, 0.1) is 5.56 Å². The standard InChI is InChI=1S/C23H35F3O2/c1-2-3-4-5-6-7-8-9-10-11-12-13-14-21(24)23(25,26)20-17-15-19(16-18-20)22(27)28/h15-18,21H,2-14H2,1H3,(H,27,28). The van der Waals surface area contributed by atoms with E-state index >= 15 is 0 Å². The van der Waals surface area contributed by atoms with E-state index < -0.39 is 23.6 Å². The van der Waals surface area contributed by atoms with E-state index in [9.17, 15) is 18.0 Å². The monoisotopic (exact) mass is 400 g/mol. The summed E-state index contributed by atoms with van der Waals surface area (Å²) < 4.78 is 42.4. The van der Waals surface area contributed by atoms with E-state index in [1.165, 1.54) is 51.4 Å². The molecule has 2 nitrogen and oxygen atoms in total. The number of hydrogen-bond donors (Lipinski definition) is 1. The van der Waals surface area contributed by atoms with Crippen LogP contribution in [0.3, 0.4) is 0 Å². The average Bonchev–Trinajstić information content (AvgIpc) is 2.68. The third-order valence-electron chi connectivity index (χ3n) is 5.22. The third-order valence-corrected chi connectivity index (χ3v) is 5.22. The molecule has 0 amide bonds. The Morgan fingerprint density at radius 2 is 1.29 bits per heavy atom. The molecule has 0 aliphatic heterocycles. The SMILES string of the molecule is CCCCCCCCCCCCCCC(F)C(F)(F)c1ccc(C(=O)O)cc1. The van der Waals surface area contributed by atoms with Gasteiger partial charge in [-0.2, -0.15) is 8.78 Å².